The molecule has 1 amide bonds. The van der Waals surface area contributed by atoms with Gasteiger partial charge in [0.2, 0.25) is 0 Å². The molecule has 2 N–H and O–H groups in total. The topological polar surface area (TPSA) is 84.2 Å². The van der Waals surface area contributed by atoms with E-state index >= 15 is 0 Å². The van der Waals surface area contributed by atoms with E-state index in [1.54, 1.807) is 0 Å². The minimum atomic E-state index is -0.906. The third-order valence-corrected chi connectivity index (χ3v) is 8.28. The number of hydrogen-bond donors (Lipinski definition) is 2. The molecule has 0 radical (unpaired) electrons. The normalized spacial score (nSPS) is 11.7. The molecule has 4 aromatic rings. The fourth-order valence-electron chi connectivity index (χ4n) is 5.75. The van der Waals surface area contributed by atoms with Gasteiger partial charge in [0.15, 0.2) is 0 Å². The van der Waals surface area contributed by atoms with Crippen LogP contribution in [0.1, 0.15) is 83.2 Å². The number of pyridine rings is 1. The number of amides is 1. The predicted molar refractivity (Wildman–Crippen MR) is 162 cm³/mol. The summed E-state index contributed by atoms with van der Waals surface area (Å²) in [5, 5.41) is 13.8. The average Bonchev–Trinajstić information content (AvgIpc) is 3.23. The molecule has 0 unspecified atom stereocenters. The van der Waals surface area contributed by atoms with Gasteiger partial charge < -0.3 is 15.0 Å². The average molecular weight is 540 g/mol. The maximum Gasteiger partial charge on any atom is 0.307 e. The molecule has 0 bridgehead atoms. The lowest BCUT2D eigenvalue weighted by atomic mass is 9.85. The number of carbonyl (C=O) groups excluding carboxylic acids is 1. The first-order chi connectivity index (χ1) is 18.9. The SMILES string of the molecule is CCCCc1c(C)c(C)cc(-c2c(CC(=O)O)c(C)nc3c2cc(C(=O)NC(C)(C)c2ccccc2)n3C)c1C. The maximum atomic E-state index is 13.7. The summed E-state index contributed by atoms with van der Waals surface area (Å²) in [6, 6.07) is 13.9. The Kier molecular flexibility index (Phi) is 8.20. The van der Waals surface area contributed by atoms with Crippen LogP contribution < -0.4 is 5.32 Å². The molecule has 0 saturated heterocycles. The molecule has 6 nitrogen and oxygen atoms in total. The van der Waals surface area contributed by atoms with Crippen LogP contribution in [0.4, 0.5) is 0 Å². The Balaban J connectivity index is 1.96. The highest BCUT2D eigenvalue weighted by Crippen LogP contribution is 2.39. The first kappa shape index (κ1) is 29.1. The second-order valence-corrected chi connectivity index (χ2v) is 11.5. The molecular weight excluding hydrogens is 498 g/mol. The zero-order valence-electron chi connectivity index (χ0n) is 25.0. The number of unbranched alkanes of at least 4 members (excludes halogenated alkanes) is 1. The summed E-state index contributed by atoms with van der Waals surface area (Å²) in [4.78, 5) is 30.6. The number of carboxylic acids is 1. The van der Waals surface area contributed by atoms with Crippen LogP contribution in [0, 0.1) is 27.7 Å². The Morgan fingerprint density at radius 1 is 1.00 bits per heavy atom. The third kappa shape index (κ3) is 5.40. The molecule has 40 heavy (non-hydrogen) atoms. The zero-order chi connectivity index (χ0) is 29.4. The van der Waals surface area contributed by atoms with Crippen LogP contribution in [0.5, 0.6) is 0 Å². The molecule has 0 aliphatic carbocycles. The number of rotatable bonds is 9. The van der Waals surface area contributed by atoms with Crippen molar-refractivity contribution in [3.8, 4) is 11.1 Å². The molecule has 0 aliphatic rings. The van der Waals surface area contributed by atoms with Crippen LogP contribution in [0.2, 0.25) is 0 Å². The number of nitrogens with zero attached hydrogens (tertiary/aromatic N) is 2. The first-order valence-electron chi connectivity index (χ1n) is 14.1. The van der Waals surface area contributed by atoms with Gasteiger partial charge in [-0.1, -0.05) is 49.7 Å². The fraction of sp³-hybridized carbons (Fsp3) is 0.382. The number of aliphatic carboxylic acids is 1. The summed E-state index contributed by atoms with van der Waals surface area (Å²) in [7, 11) is 1.85. The van der Waals surface area contributed by atoms with Gasteiger partial charge >= 0.3 is 5.97 Å². The molecule has 6 heteroatoms. The number of nitrogens with one attached hydrogen (secondary N) is 1. The second kappa shape index (κ2) is 11.3. The van der Waals surface area contributed by atoms with Gasteiger partial charge in [-0.05, 0) is 105 Å². The Morgan fingerprint density at radius 2 is 1.68 bits per heavy atom. The lowest BCUT2D eigenvalue weighted by Crippen LogP contribution is -2.41. The van der Waals surface area contributed by atoms with Gasteiger partial charge in [0.05, 0.1) is 12.0 Å². The standard InChI is InChI=1S/C34H41N3O3/c1-9-10-16-25-21(3)20(2)17-26(22(25)4)31-27(19-30(38)39)23(5)35-32-28(31)18-29(37(32)8)33(40)36-34(6,7)24-14-12-11-13-15-24/h11-15,17-18H,9-10,16,19H2,1-8H3,(H,36,40)(H,38,39). The van der Waals surface area contributed by atoms with Gasteiger partial charge in [0.1, 0.15) is 11.3 Å². The van der Waals surface area contributed by atoms with Crippen molar-refractivity contribution in [1.29, 1.82) is 0 Å². The summed E-state index contributed by atoms with van der Waals surface area (Å²) in [6.45, 7) is 14.4. The number of carboxylic acid groups (broad SMARTS) is 1. The quantitative estimate of drug-likeness (QED) is 0.237. The molecule has 210 valence electrons. The van der Waals surface area contributed by atoms with Gasteiger partial charge in [-0.15, -0.1) is 0 Å². The molecule has 4 rings (SSSR count). The molecule has 0 atom stereocenters. The molecule has 2 heterocycles. The minimum Gasteiger partial charge on any atom is -0.481 e. The van der Waals surface area contributed by atoms with E-state index < -0.39 is 11.5 Å². The van der Waals surface area contributed by atoms with E-state index in [1.807, 2.05) is 68.8 Å². The maximum absolute atomic E-state index is 13.7. The highest BCUT2D eigenvalue weighted by Gasteiger charge is 2.28. The van der Waals surface area contributed by atoms with Crippen LogP contribution in [0.3, 0.4) is 0 Å². The summed E-state index contributed by atoms with van der Waals surface area (Å²) >= 11 is 0. The molecule has 0 saturated carbocycles. The number of benzene rings is 2. The highest BCUT2D eigenvalue weighted by molar-refractivity contribution is 6.04. The van der Waals surface area contributed by atoms with Crippen molar-refractivity contribution in [2.75, 3.05) is 0 Å². The Labute approximate surface area is 237 Å². The van der Waals surface area contributed by atoms with Gasteiger partial charge in [-0.25, -0.2) is 4.98 Å². The summed E-state index contributed by atoms with van der Waals surface area (Å²) < 4.78 is 1.82. The zero-order valence-corrected chi connectivity index (χ0v) is 25.0. The molecular formula is C34H41N3O3. The molecule has 2 aromatic carbocycles. The third-order valence-electron chi connectivity index (χ3n) is 8.28. The van der Waals surface area contributed by atoms with Gasteiger partial charge in [-0.3, -0.25) is 9.59 Å². The number of hydrogen-bond acceptors (Lipinski definition) is 3. The van der Waals surface area contributed by atoms with E-state index in [0.29, 0.717) is 22.6 Å². The smallest absolute Gasteiger partial charge is 0.307 e. The van der Waals surface area contributed by atoms with E-state index in [-0.39, 0.29) is 12.3 Å². The predicted octanol–water partition coefficient (Wildman–Crippen LogP) is 7.11. The Morgan fingerprint density at radius 3 is 2.30 bits per heavy atom. The van der Waals surface area contributed by atoms with Crippen molar-refractivity contribution in [3.05, 3.63) is 87.2 Å². The van der Waals surface area contributed by atoms with Crippen LogP contribution >= 0.6 is 0 Å². The van der Waals surface area contributed by atoms with Crippen molar-refractivity contribution < 1.29 is 14.7 Å². The minimum absolute atomic E-state index is 0.141. The monoisotopic (exact) mass is 539 g/mol. The van der Waals surface area contributed by atoms with Crippen LogP contribution in [0.15, 0.2) is 42.5 Å². The van der Waals surface area contributed by atoms with E-state index in [9.17, 15) is 14.7 Å². The Bertz CT molecular complexity index is 1600. The lowest BCUT2D eigenvalue weighted by Gasteiger charge is -2.27. The molecule has 2 aromatic heterocycles. The number of aryl methyl sites for hydroxylation is 3. The van der Waals surface area contributed by atoms with Gasteiger partial charge in [-0.2, -0.15) is 0 Å². The summed E-state index contributed by atoms with van der Waals surface area (Å²) in [5.41, 5.74) is 9.73. The van der Waals surface area contributed by atoms with Crippen molar-refractivity contribution in [1.82, 2.24) is 14.9 Å². The Hall–Kier alpha value is -3.93. The number of carbonyl (C=O) groups is 2. The summed E-state index contributed by atoms with van der Waals surface area (Å²) in [5.74, 6) is -1.12. The van der Waals surface area contributed by atoms with Crippen molar-refractivity contribution in [2.45, 2.75) is 79.7 Å². The van der Waals surface area contributed by atoms with Gasteiger partial charge in [0.25, 0.3) is 5.91 Å². The molecule has 0 spiro atoms. The van der Waals surface area contributed by atoms with E-state index in [4.69, 9.17) is 4.98 Å². The highest BCUT2D eigenvalue weighted by atomic mass is 16.4. The fourth-order valence-corrected chi connectivity index (χ4v) is 5.75. The van der Waals surface area contributed by atoms with Crippen molar-refractivity contribution in [2.24, 2.45) is 7.05 Å². The summed E-state index contributed by atoms with van der Waals surface area (Å²) in [6.07, 6.45) is 3.02. The molecule has 0 fully saturated rings. The number of fused-ring (bicyclic) bond motifs is 1. The first-order valence-corrected chi connectivity index (χ1v) is 14.1. The van der Waals surface area contributed by atoms with Gasteiger partial charge in [0, 0.05) is 18.1 Å². The largest absolute Gasteiger partial charge is 0.481 e. The van der Waals surface area contributed by atoms with E-state index in [0.717, 1.165) is 46.9 Å². The van der Waals surface area contributed by atoms with Crippen LogP contribution in [-0.4, -0.2) is 26.5 Å². The van der Waals surface area contributed by atoms with Crippen LogP contribution in [-0.2, 0) is 30.2 Å². The van der Waals surface area contributed by atoms with E-state index in [1.165, 1.54) is 16.7 Å². The lowest BCUT2D eigenvalue weighted by molar-refractivity contribution is -0.136. The van der Waals surface area contributed by atoms with Crippen molar-refractivity contribution >= 4 is 22.9 Å². The van der Waals surface area contributed by atoms with Crippen molar-refractivity contribution in [3.63, 3.8) is 0 Å². The van der Waals surface area contributed by atoms with E-state index in [2.05, 4.69) is 39.1 Å². The number of aromatic nitrogens is 2. The van der Waals surface area contributed by atoms with Crippen LogP contribution in [0.25, 0.3) is 22.2 Å². The molecule has 0 aliphatic heterocycles. The second-order valence-electron chi connectivity index (χ2n) is 11.5.